The first kappa shape index (κ1) is 45.3. The monoisotopic (exact) mass is 760 g/mol. The molecule has 0 aromatic carbocycles. The van der Waals surface area contributed by atoms with E-state index in [0.717, 1.165) is 0 Å². The number of amides is 6. The summed E-state index contributed by atoms with van der Waals surface area (Å²) in [5.74, 6) is -6.88. The molecule has 52 heavy (non-hydrogen) atoms. The fourth-order valence-corrected chi connectivity index (χ4v) is 5.51. The van der Waals surface area contributed by atoms with Crippen LogP contribution in [0.2, 0.25) is 0 Å². The van der Waals surface area contributed by atoms with Crippen molar-refractivity contribution in [3.63, 3.8) is 0 Å². The van der Waals surface area contributed by atoms with Crippen LogP contribution in [0.5, 0.6) is 0 Å². The zero-order valence-corrected chi connectivity index (χ0v) is 30.3. The molecule has 7 atom stereocenters. The summed E-state index contributed by atoms with van der Waals surface area (Å²) < 4.78 is 0. The van der Waals surface area contributed by atoms with Gasteiger partial charge in [-0.05, 0) is 64.4 Å². The molecule has 1 aliphatic rings. The van der Waals surface area contributed by atoms with Gasteiger partial charge in [-0.3, -0.25) is 38.6 Å². The molecule has 22 heteroatoms. The summed E-state index contributed by atoms with van der Waals surface area (Å²) in [6.07, 6.45) is 1.93. The van der Waals surface area contributed by atoms with Crippen molar-refractivity contribution in [1.82, 2.24) is 31.5 Å². The molecule has 1 saturated heterocycles. The van der Waals surface area contributed by atoms with Crippen LogP contribution in [0.4, 0.5) is 0 Å². The number of carbonyl (C=O) groups is 8. The molecular formula is C30H52N10O11S. The number of likely N-dealkylation sites (tertiary alicyclic amines) is 1. The Hall–Kier alpha value is -4.70. The minimum absolute atomic E-state index is 0.0222. The van der Waals surface area contributed by atoms with Crippen LogP contribution in [0.25, 0.3) is 0 Å². The highest BCUT2D eigenvalue weighted by molar-refractivity contribution is 7.98. The molecule has 294 valence electrons. The molecule has 0 aliphatic carbocycles. The standard InChI is InChI=1S/C30H52N10O11S/c1-15(35-24(45)17(31)14-41)23(44)37-18(6-4-11-34-30(32)33)26(47)38-19(10-13-52-3)25(46)36-16(2)28(49)40-12-5-7-21(40)27(48)39-20(29(50)51)8-9-22(42)43/h15-21,41H,4-14,31H2,1-3H3,(H,35,45)(H,36,46)(H,37,44)(H,38,47)(H,39,48)(H,42,43)(H,50,51)(H4,32,33,34). The van der Waals surface area contributed by atoms with E-state index in [4.69, 9.17) is 27.4 Å². The summed E-state index contributed by atoms with van der Waals surface area (Å²) in [4.78, 5) is 106. The minimum Gasteiger partial charge on any atom is -0.481 e. The Morgan fingerprint density at radius 1 is 0.827 bits per heavy atom. The predicted molar refractivity (Wildman–Crippen MR) is 188 cm³/mol. The van der Waals surface area contributed by atoms with E-state index < -0.39 is 103 Å². The van der Waals surface area contributed by atoms with Crippen molar-refractivity contribution in [3.05, 3.63) is 0 Å². The smallest absolute Gasteiger partial charge is 0.326 e. The zero-order chi connectivity index (χ0) is 39.5. The lowest BCUT2D eigenvalue weighted by Crippen LogP contribution is -2.59. The Labute approximate surface area is 305 Å². The van der Waals surface area contributed by atoms with Crippen LogP contribution in [-0.4, -0.2) is 148 Å². The van der Waals surface area contributed by atoms with Crippen molar-refractivity contribution in [2.24, 2.45) is 22.2 Å². The molecule has 0 aromatic rings. The summed E-state index contributed by atoms with van der Waals surface area (Å²) in [5, 5.41) is 39.8. The topological polar surface area (TPSA) is 351 Å². The number of rotatable bonds is 23. The minimum atomic E-state index is -1.48. The van der Waals surface area contributed by atoms with Crippen molar-refractivity contribution in [2.75, 3.05) is 31.7 Å². The van der Waals surface area contributed by atoms with Crippen LogP contribution in [0, 0.1) is 0 Å². The van der Waals surface area contributed by atoms with Crippen LogP contribution >= 0.6 is 11.8 Å². The first-order valence-corrected chi connectivity index (χ1v) is 18.0. The van der Waals surface area contributed by atoms with E-state index in [9.17, 15) is 43.5 Å². The van der Waals surface area contributed by atoms with E-state index in [1.54, 1.807) is 6.26 Å². The largest absolute Gasteiger partial charge is 0.481 e. The number of aliphatic carboxylic acids is 2. The maximum absolute atomic E-state index is 13.5. The van der Waals surface area contributed by atoms with E-state index >= 15 is 0 Å². The van der Waals surface area contributed by atoms with Gasteiger partial charge >= 0.3 is 11.9 Å². The number of carbonyl (C=O) groups excluding carboxylic acids is 6. The van der Waals surface area contributed by atoms with Crippen LogP contribution in [-0.2, 0) is 38.4 Å². The van der Waals surface area contributed by atoms with Gasteiger partial charge in [0.15, 0.2) is 5.96 Å². The number of nitrogens with zero attached hydrogens (tertiary/aromatic N) is 2. The second-order valence-electron chi connectivity index (χ2n) is 12.1. The van der Waals surface area contributed by atoms with Gasteiger partial charge in [0.2, 0.25) is 35.4 Å². The lowest BCUT2D eigenvalue weighted by atomic mass is 10.1. The molecule has 0 saturated carbocycles. The van der Waals surface area contributed by atoms with Gasteiger partial charge in [-0.2, -0.15) is 11.8 Å². The number of aliphatic hydroxyl groups excluding tert-OH is 1. The number of carboxylic acid groups (broad SMARTS) is 2. The molecule has 1 heterocycles. The van der Waals surface area contributed by atoms with Gasteiger partial charge in [-0.25, -0.2) is 4.79 Å². The molecule has 1 fully saturated rings. The van der Waals surface area contributed by atoms with Gasteiger partial charge in [0.05, 0.1) is 6.61 Å². The molecule has 7 unspecified atom stereocenters. The normalized spacial score (nSPS) is 17.2. The number of aliphatic hydroxyl groups is 1. The molecule has 1 rings (SSSR count). The van der Waals surface area contributed by atoms with Crippen LogP contribution in [0.1, 0.15) is 58.8 Å². The number of nitrogens with two attached hydrogens (primary N) is 3. The van der Waals surface area contributed by atoms with Crippen molar-refractivity contribution >= 4 is 65.1 Å². The van der Waals surface area contributed by atoms with E-state index in [2.05, 4.69) is 31.6 Å². The SMILES string of the molecule is CSCCC(NC(=O)C(CCCN=C(N)N)NC(=O)C(C)NC(=O)C(N)CO)C(=O)NC(C)C(=O)N1CCCC1C(=O)NC(CCC(=O)O)C(=O)O. The molecule has 0 bridgehead atoms. The van der Waals surface area contributed by atoms with E-state index in [1.165, 1.54) is 30.5 Å². The van der Waals surface area contributed by atoms with Gasteiger partial charge < -0.3 is 64.0 Å². The van der Waals surface area contributed by atoms with Crippen molar-refractivity contribution in [2.45, 2.75) is 101 Å². The average Bonchev–Trinajstić information content (AvgIpc) is 3.58. The highest BCUT2D eigenvalue weighted by Crippen LogP contribution is 2.19. The number of guanidine groups is 1. The second-order valence-corrected chi connectivity index (χ2v) is 13.1. The molecule has 21 nitrogen and oxygen atoms in total. The van der Waals surface area contributed by atoms with E-state index in [-0.39, 0.29) is 51.2 Å². The molecule has 1 aliphatic heterocycles. The Morgan fingerprint density at radius 2 is 1.42 bits per heavy atom. The van der Waals surface area contributed by atoms with E-state index in [0.29, 0.717) is 12.2 Å². The Kier molecular flexibility index (Phi) is 20.0. The summed E-state index contributed by atoms with van der Waals surface area (Å²) in [6.45, 7) is 2.33. The maximum atomic E-state index is 13.5. The third-order valence-electron chi connectivity index (χ3n) is 7.94. The van der Waals surface area contributed by atoms with Gasteiger partial charge in [-0.15, -0.1) is 0 Å². The summed E-state index contributed by atoms with van der Waals surface area (Å²) in [5.41, 5.74) is 16.2. The Balaban J connectivity index is 3.07. The van der Waals surface area contributed by atoms with Crippen LogP contribution < -0.4 is 43.8 Å². The number of thioether (sulfide) groups is 1. The van der Waals surface area contributed by atoms with E-state index in [1.807, 2.05) is 0 Å². The fraction of sp³-hybridized carbons (Fsp3) is 0.700. The Morgan fingerprint density at radius 3 is 2.00 bits per heavy atom. The molecule has 0 spiro atoms. The first-order valence-electron chi connectivity index (χ1n) is 16.6. The van der Waals surface area contributed by atoms with Crippen molar-refractivity contribution < 1.29 is 53.7 Å². The van der Waals surface area contributed by atoms with Crippen molar-refractivity contribution in [3.8, 4) is 0 Å². The molecule has 0 radical (unpaired) electrons. The van der Waals surface area contributed by atoms with Gasteiger partial charge in [-0.1, -0.05) is 0 Å². The quantitative estimate of drug-likeness (QED) is 0.0266. The first-order chi connectivity index (χ1) is 24.4. The number of hydrogen-bond donors (Lipinski definition) is 11. The Bertz CT molecular complexity index is 1320. The highest BCUT2D eigenvalue weighted by Gasteiger charge is 2.38. The average molecular weight is 761 g/mol. The number of carboxylic acids is 2. The molecule has 0 aromatic heterocycles. The maximum Gasteiger partial charge on any atom is 0.326 e. The summed E-state index contributed by atoms with van der Waals surface area (Å²) in [7, 11) is 0. The highest BCUT2D eigenvalue weighted by atomic mass is 32.2. The third-order valence-corrected chi connectivity index (χ3v) is 8.58. The zero-order valence-electron chi connectivity index (χ0n) is 29.5. The van der Waals surface area contributed by atoms with Crippen LogP contribution in [0.3, 0.4) is 0 Å². The number of hydrogen-bond acceptors (Lipinski definition) is 12. The summed E-state index contributed by atoms with van der Waals surface area (Å²) in [6, 6.07) is -8.53. The lowest BCUT2D eigenvalue weighted by molar-refractivity contribution is -0.145. The van der Waals surface area contributed by atoms with Gasteiger partial charge in [0.25, 0.3) is 0 Å². The molecule has 14 N–H and O–H groups in total. The molecular weight excluding hydrogens is 708 g/mol. The third kappa shape index (κ3) is 15.7. The van der Waals surface area contributed by atoms with Gasteiger partial charge in [0, 0.05) is 19.5 Å². The van der Waals surface area contributed by atoms with Gasteiger partial charge in [0.1, 0.15) is 42.3 Å². The molecule has 6 amide bonds. The lowest BCUT2D eigenvalue weighted by Gasteiger charge is -2.29. The number of aliphatic imine (C=N–C) groups is 1. The number of nitrogens with one attached hydrogen (secondary N) is 5. The van der Waals surface area contributed by atoms with Crippen LogP contribution in [0.15, 0.2) is 4.99 Å². The summed E-state index contributed by atoms with van der Waals surface area (Å²) >= 11 is 1.39. The predicted octanol–water partition coefficient (Wildman–Crippen LogP) is -4.48. The second kappa shape index (κ2) is 23.0. The fourth-order valence-electron chi connectivity index (χ4n) is 5.04. The van der Waals surface area contributed by atoms with Crippen molar-refractivity contribution in [1.29, 1.82) is 0 Å².